The molecule has 5 heteroatoms. The second kappa shape index (κ2) is 6.10. The molecule has 0 atom stereocenters. The molecule has 0 aromatic carbocycles. The first kappa shape index (κ1) is 16.5. The number of hydrogen-bond donors (Lipinski definition) is 1. The Hall–Kier alpha value is -0.940. The van der Waals surface area contributed by atoms with Gasteiger partial charge in [-0.2, -0.15) is 4.99 Å². The lowest BCUT2D eigenvalue weighted by molar-refractivity contribution is -0.142. The van der Waals surface area contributed by atoms with Gasteiger partial charge in [0.1, 0.15) is 0 Å². The SMILES string of the molecule is Cc1sc(=NC(=O)C23CC4CC(CC(C4)C2)C3)n(CCCO)c1C. The second-order valence-corrected chi connectivity index (χ2v) is 9.55. The average Bonchev–Trinajstić information content (AvgIpc) is 2.78. The van der Waals surface area contributed by atoms with Gasteiger partial charge in [0.05, 0.1) is 5.41 Å². The molecule has 0 saturated heterocycles. The molecule has 4 saturated carbocycles. The van der Waals surface area contributed by atoms with Gasteiger partial charge in [0.15, 0.2) is 4.80 Å². The van der Waals surface area contributed by atoms with Crippen LogP contribution in [0, 0.1) is 37.0 Å². The monoisotopic (exact) mass is 348 g/mol. The Morgan fingerprint density at radius 2 is 1.79 bits per heavy atom. The predicted octanol–water partition coefficient (Wildman–Crippen LogP) is 3.19. The third-order valence-electron chi connectivity index (χ3n) is 6.62. The summed E-state index contributed by atoms with van der Waals surface area (Å²) >= 11 is 1.62. The van der Waals surface area contributed by atoms with Crippen LogP contribution in [0.2, 0.25) is 0 Å². The number of nitrogens with zero attached hydrogens (tertiary/aromatic N) is 2. The van der Waals surface area contributed by atoms with Gasteiger partial charge < -0.3 is 9.67 Å². The van der Waals surface area contributed by atoms with E-state index in [-0.39, 0.29) is 17.9 Å². The molecule has 4 aliphatic rings. The molecule has 0 spiro atoms. The van der Waals surface area contributed by atoms with E-state index in [2.05, 4.69) is 23.4 Å². The molecule has 0 unspecified atom stereocenters. The highest BCUT2D eigenvalue weighted by atomic mass is 32.1. The van der Waals surface area contributed by atoms with Crippen molar-refractivity contribution in [3.05, 3.63) is 15.4 Å². The van der Waals surface area contributed by atoms with Crippen LogP contribution in [0.25, 0.3) is 0 Å². The first-order chi connectivity index (χ1) is 11.5. The minimum Gasteiger partial charge on any atom is -0.396 e. The number of thiazole rings is 1. The van der Waals surface area contributed by atoms with Gasteiger partial charge in [-0.1, -0.05) is 0 Å². The molecule has 1 N–H and O–H groups in total. The van der Waals surface area contributed by atoms with Gasteiger partial charge in [-0.15, -0.1) is 11.3 Å². The van der Waals surface area contributed by atoms with Crippen molar-refractivity contribution in [2.24, 2.45) is 28.2 Å². The Morgan fingerprint density at radius 1 is 1.21 bits per heavy atom. The smallest absolute Gasteiger partial charge is 0.254 e. The van der Waals surface area contributed by atoms with Gasteiger partial charge in [0.2, 0.25) is 0 Å². The molecule has 4 bridgehead atoms. The number of carbonyl (C=O) groups excluding carboxylic acids is 1. The molecule has 5 rings (SSSR count). The molecule has 1 aromatic rings. The normalized spacial score (nSPS) is 35.0. The number of aromatic nitrogens is 1. The van der Waals surface area contributed by atoms with Crippen LogP contribution in [0.3, 0.4) is 0 Å². The highest BCUT2D eigenvalue weighted by Gasteiger charge is 2.54. The van der Waals surface area contributed by atoms with Crippen molar-refractivity contribution in [3.63, 3.8) is 0 Å². The van der Waals surface area contributed by atoms with E-state index >= 15 is 0 Å². The predicted molar refractivity (Wildman–Crippen MR) is 94.7 cm³/mol. The van der Waals surface area contributed by atoms with E-state index in [1.54, 1.807) is 11.3 Å². The highest BCUT2D eigenvalue weighted by molar-refractivity contribution is 7.09. The maximum Gasteiger partial charge on any atom is 0.254 e. The van der Waals surface area contributed by atoms with Gasteiger partial charge in [0.25, 0.3) is 5.91 Å². The molecule has 4 nitrogen and oxygen atoms in total. The largest absolute Gasteiger partial charge is 0.396 e. The fourth-order valence-electron chi connectivity index (χ4n) is 5.75. The molecule has 132 valence electrons. The highest BCUT2D eigenvalue weighted by Crippen LogP contribution is 2.60. The van der Waals surface area contributed by atoms with Crippen LogP contribution in [0.15, 0.2) is 4.99 Å². The Balaban J connectivity index is 1.66. The van der Waals surface area contributed by atoms with Gasteiger partial charge in [-0.3, -0.25) is 4.79 Å². The second-order valence-electron chi connectivity index (χ2n) is 8.37. The average molecular weight is 349 g/mol. The first-order valence-corrected chi connectivity index (χ1v) is 10.2. The van der Waals surface area contributed by atoms with Gasteiger partial charge in [-0.25, -0.2) is 0 Å². The Bertz CT molecular complexity index is 680. The lowest BCUT2D eigenvalue weighted by Crippen LogP contribution is -2.50. The molecule has 1 amide bonds. The summed E-state index contributed by atoms with van der Waals surface area (Å²) in [6.45, 7) is 5.07. The lowest BCUT2D eigenvalue weighted by atomic mass is 9.49. The zero-order valence-corrected chi connectivity index (χ0v) is 15.6. The number of hydrogen-bond acceptors (Lipinski definition) is 3. The molecule has 4 aliphatic carbocycles. The minimum absolute atomic E-state index is 0.139. The van der Waals surface area contributed by atoms with Crippen molar-refractivity contribution in [2.45, 2.75) is 65.3 Å². The van der Waals surface area contributed by atoms with Crippen LogP contribution in [0.4, 0.5) is 0 Å². The van der Waals surface area contributed by atoms with E-state index < -0.39 is 0 Å². The van der Waals surface area contributed by atoms with Crippen molar-refractivity contribution in [2.75, 3.05) is 6.61 Å². The third-order valence-corrected chi connectivity index (χ3v) is 7.71. The standard InChI is InChI=1S/C19H28N2O2S/c1-12-13(2)24-18(21(12)4-3-5-22)20-17(23)19-9-14-6-15(10-19)8-16(7-14)11-19/h14-16,22H,3-11H2,1-2H3. The molecule has 4 fully saturated rings. The van der Waals surface area contributed by atoms with Gasteiger partial charge >= 0.3 is 0 Å². The molecule has 0 aliphatic heterocycles. The number of rotatable bonds is 4. The minimum atomic E-state index is -0.157. The van der Waals surface area contributed by atoms with E-state index in [0.717, 1.165) is 48.4 Å². The summed E-state index contributed by atoms with van der Waals surface area (Å²) in [5.74, 6) is 2.44. The van der Waals surface area contributed by atoms with Crippen LogP contribution in [-0.4, -0.2) is 22.2 Å². The number of aryl methyl sites for hydroxylation is 1. The van der Waals surface area contributed by atoms with Crippen molar-refractivity contribution in [1.82, 2.24) is 4.57 Å². The van der Waals surface area contributed by atoms with Gasteiger partial charge in [-0.05, 0) is 76.5 Å². The zero-order valence-electron chi connectivity index (χ0n) is 14.8. The summed E-state index contributed by atoms with van der Waals surface area (Å²) < 4.78 is 2.12. The molecule has 1 aromatic heterocycles. The topological polar surface area (TPSA) is 54.6 Å². The first-order valence-electron chi connectivity index (χ1n) is 9.37. The van der Waals surface area contributed by atoms with E-state index in [0.29, 0.717) is 6.42 Å². The van der Waals surface area contributed by atoms with E-state index in [4.69, 9.17) is 5.11 Å². The quantitative estimate of drug-likeness (QED) is 0.908. The lowest BCUT2D eigenvalue weighted by Gasteiger charge is -2.55. The van der Waals surface area contributed by atoms with Crippen LogP contribution in [0.5, 0.6) is 0 Å². The Morgan fingerprint density at radius 3 is 2.33 bits per heavy atom. The molecular formula is C19H28N2O2S. The number of amides is 1. The van der Waals surface area contributed by atoms with Gasteiger partial charge in [0, 0.05) is 23.7 Å². The van der Waals surface area contributed by atoms with Crippen LogP contribution in [0.1, 0.15) is 55.5 Å². The maximum absolute atomic E-state index is 13.2. The molecule has 24 heavy (non-hydrogen) atoms. The van der Waals surface area contributed by atoms with Crippen LogP contribution in [-0.2, 0) is 11.3 Å². The van der Waals surface area contributed by atoms with Crippen molar-refractivity contribution < 1.29 is 9.90 Å². The van der Waals surface area contributed by atoms with Crippen LogP contribution >= 0.6 is 11.3 Å². The fourth-order valence-corrected chi connectivity index (χ4v) is 6.75. The summed E-state index contributed by atoms with van der Waals surface area (Å²) in [5.41, 5.74) is 1.01. The number of aliphatic hydroxyl groups excluding tert-OH is 1. The van der Waals surface area contributed by atoms with Crippen molar-refractivity contribution >= 4 is 17.2 Å². The van der Waals surface area contributed by atoms with Crippen LogP contribution < -0.4 is 4.80 Å². The molecule has 0 radical (unpaired) electrons. The van der Waals surface area contributed by atoms with E-state index in [9.17, 15) is 4.79 Å². The molecule has 1 heterocycles. The van der Waals surface area contributed by atoms with Crippen molar-refractivity contribution in [1.29, 1.82) is 0 Å². The Kier molecular flexibility index (Phi) is 4.20. The Labute approximate surface area is 147 Å². The summed E-state index contributed by atoms with van der Waals surface area (Å²) in [5, 5.41) is 9.14. The third kappa shape index (κ3) is 2.70. The molecular weight excluding hydrogens is 320 g/mol. The fraction of sp³-hybridized carbons (Fsp3) is 0.789. The van der Waals surface area contributed by atoms with E-state index in [1.807, 2.05) is 0 Å². The zero-order chi connectivity index (χ0) is 16.9. The maximum atomic E-state index is 13.2. The summed E-state index contributed by atoms with van der Waals surface area (Å²) in [6.07, 6.45) is 7.96. The summed E-state index contributed by atoms with van der Waals surface area (Å²) in [4.78, 5) is 19.9. The summed E-state index contributed by atoms with van der Waals surface area (Å²) in [6, 6.07) is 0. The van der Waals surface area contributed by atoms with E-state index in [1.165, 1.54) is 29.8 Å². The number of carbonyl (C=O) groups is 1. The summed E-state index contributed by atoms with van der Waals surface area (Å²) in [7, 11) is 0. The van der Waals surface area contributed by atoms with Crippen molar-refractivity contribution in [3.8, 4) is 0 Å². The number of aliphatic hydroxyl groups is 1.